The number of halogens is 1. The molecule has 0 aliphatic carbocycles. The molecule has 2 aromatic rings. The zero-order chi connectivity index (χ0) is 16.4. The van der Waals surface area contributed by atoms with Crippen LogP contribution in [-0.4, -0.2) is 54.8 Å². The van der Waals surface area contributed by atoms with Crippen LogP contribution in [0.4, 0.5) is 0 Å². The standard InChI is InChI=1S/C15H15ClN2O4S/c16-12-5-8(3-4-17-12)10-2-1-9(6-18-10)22-15-14(21)13(20)11(19)7-23-15/h1-6,11,13-15,19-21H,7H2/t11-,13+,14-,15+/m1/s1. The van der Waals surface area contributed by atoms with E-state index in [0.717, 1.165) is 5.56 Å². The molecule has 0 radical (unpaired) electrons. The van der Waals surface area contributed by atoms with Crippen molar-refractivity contribution in [3.8, 4) is 17.0 Å². The lowest BCUT2D eigenvalue weighted by molar-refractivity contribution is -0.0786. The highest BCUT2D eigenvalue weighted by Gasteiger charge is 2.38. The van der Waals surface area contributed by atoms with Crippen molar-refractivity contribution in [2.75, 3.05) is 5.75 Å². The molecule has 3 heterocycles. The molecule has 0 saturated carbocycles. The molecule has 0 aromatic carbocycles. The van der Waals surface area contributed by atoms with Gasteiger partial charge >= 0.3 is 0 Å². The predicted molar refractivity (Wildman–Crippen MR) is 87.4 cm³/mol. The number of nitrogens with zero attached hydrogens (tertiary/aromatic N) is 2. The Balaban J connectivity index is 1.70. The first kappa shape index (κ1) is 16.5. The molecular weight excluding hydrogens is 340 g/mol. The molecular formula is C15H15ClN2O4S. The minimum atomic E-state index is -1.22. The van der Waals surface area contributed by atoms with Crippen LogP contribution in [0, 0.1) is 0 Å². The quantitative estimate of drug-likeness (QED) is 0.715. The van der Waals surface area contributed by atoms with E-state index in [1.165, 1.54) is 18.0 Å². The molecule has 23 heavy (non-hydrogen) atoms. The molecule has 4 atom stereocenters. The van der Waals surface area contributed by atoms with Gasteiger partial charge in [-0.2, -0.15) is 0 Å². The summed E-state index contributed by atoms with van der Waals surface area (Å²) in [5.41, 5.74) is 0.896. The van der Waals surface area contributed by atoms with Crippen LogP contribution in [-0.2, 0) is 0 Å². The molecule has 1 aliphatic rings. The number of hydrogen-bond acceptors (Lipinski definition) is 7. The highest BCUT2D eigenvalue weighted by atomic mass is 35.5. The molecule has 1 aliphatic heterocycles. The van der Waals surface area contributed by atoms with E-state index >= 15 is 0 Å². The summed E-state index contributed by atoms with van der Waals surface area (Å²) in [6.07, 6.45) is -0.193. The van der Waals surface area contributed by atoms with Gasteiger partial charge in [-0.05, 0) is 24.3 Å². The van der Waals surface area contributed by atoms with Crippen LogP contribution in [0.3, 0.4) is 0 Å². The number of pyridine rings is 2. The Morgan fingerprint density at radius 3 is 2.65 bits per heavy atom. The summed E-state index contributed by atoms with van der Waals surface area (Å²) in [5.74, 6) is 0.762. The van der Waals surface area contributed by atoms with Gasteiger partial charge in [0.2, 0.25) is 0 Å². The number of ether oxygens (including phenoxy) is 1. The Morgan fingerprint density at radius 2 is 1.96 bits per heavy atom. The minimum absolute atomic E-state index is 0.296. The van der Waals surface area contributed by atoms with Crippen LogP contribution in [0.15, 0.2) is 36.7 Å². The maximum Gasteiger partial charge on any atom is 0.173 e. The van der Waals surface area contributed by atoms with Crippen molar-refractivity contribution in [3.63, 3.8) is 0 Å². The summed E-state index contributed by atoms with van der Waals surface area (Å²) >= 11 is 7.10. The average Bonchev–Trinajstić information content (AvgIpc) is 2.56. The lowest BCUT2D eigenvalue weighted by atomic mass is 10.1. The smallest absolute Gasteiger partial charge is 0.173 e. The summed E-state index contributed by atoms with van der Waals surface area (Å²) in [4.78, 5) is 8.22. The summed E-state index contributed by atoms with van der Waals surface area (Å²) in [6, 6.07) is 7.00. The van der Waals surface area contributed by atoms with Gasteiger partial charge in [0.25, 0.3) is 0 Å². The van der Waals surface area contributed by atoms with Crippen molar-refractivity contribution < 1.29 is 20.1 Å². The molecule has 2 aromatic heterocycles. The van der Waals surface area contributed by atoms with Gasteiger partial charge in [0.15, 0.2) is 5.44 Å². The number of aliphatic hydroxyl groups is 3. The van der Waals surface area contributed by atoms with Gasteiger partial charge in [-0.3, -0.25) is 4.98 Å². The van der Waals surface area contributed by atoms with Gasteiger partial charge < -0.3 is 20.1 Å². The second-order valence-electron chi connectivity index (χ2n) is 5.11. The fraction of sp³-hybridized carbons (Fsp3) is 0.333. The Hall–Kier alpha value is -1.38. The van der Waals surface area contributed by atoms with Crippen LogP contribution >= 0.6 is 23.4 Å². The molecule has 6 nitrogen and oxygen atoms in total. The number of aliphatic hydroxyl groups excluding tert-OH is 3. The van der Waals surface area contributed by atoms with Crippen molar-refractivity contribution in [3.05, 3.63) is 41.8 Å². The van der Waals surface area contributed by atoms with Crippen LogP contribution in [0.25, 0.3) is 11.3 Å². The molecule has 3 rings (SSSR count). The van der Waals surface area contributed by atoms with Crippen LogP contribution in [0.1, 0.15) is 0 Å². The number of rotatable bonds is 3. The number of thioether (sulfide) groups is 1. The predicted octanol–water partition coefficient (Wildman–Crippen LogP) is 1.33. The molecule has 0 amide bonds. The first-order valence-corrected chi connectivity index (χ1v) is 8.38. The first-order valence-electron chi connectivity index (χ1n) is 6.95. The van der Waals surface area contributed by atoms with E-state index in [4.69, 9.17) is 16.3 Å². The summed E-state index contributed by atoms with van der Waals surface area (Å²) in [6.45, 7) is 0. The van der Waals surface area contributed by atoms with Crippen LogP contribution in [0.5, 0.6) is 5.75 Å². The van der Waals surface area contributed by atoms with Crippen molar-refractivity contribution in [2.45, 2.75) is 23.7 Å². The Kier molecular flexibility index (Phi) is 5.03. The maximum absolute atomic E-state index is 9.93. The SMILES string of the molecule is O[C@@H]1[C@@H](O)[C@@H](Oc2ccc(-c3ccnc(Cl)c3)nc2)SC[C@H]1O. The van der Waals surface area contributed by atoms with Crippen molar-refractivity contribution in [1.29, 1.82) is 0 Å². The zero-order valence-electron chi connectivity index (χ0n) is 11.9. The van der Waals surface area contributed by atoms with Gasteiger partial charge in [-0.25, -0.2) is 4.98 Å². The Morgan fingerprint density at radius 1 is 1.13 bits per heavy atom. The Labute approximate surface area is 142 Å². The number of hydrogen-bond donors (Lipinski definition) is 3. The first-order chi connectivity index (χ1) is 11.0. The highest BCUT2D eigenvalue weighted by molar-refractivity contribution is 7.99. The van der Waals surface area contributed by atoms with E-state index in [9.17, 15) is 15.3 Å². The van der Waals surface area contributed by atoms with E-state index in [-0.39, 0.29) is 0 Å². The summed E-state index contributed by atoms with van der Waals surface area (Å²) in [7, 11) is 0. The number of aromatic nitrogens is 2. The summed E-state index contributed by atoms with van der Waals surface area (Å²) < 4.78 is 5.64. The van der Waals surface area contributed by atoms with E-state index in [0.29, 0.717) is 22.3 Å². The molecule has 8 heteroatoms. The van der Waals surface area contributed by atoms with E-state index in [1.807, 2.05) is 0 Å². The van der Waals surface area contributed by atoms with Gasteiger partial charge in [0, 0.05) is 17.5 Å². The molecule has 1 fully saturated rings. The van der Waals surface area contributed by atoms with Crippen LogP contribution < -0.4 is 4.74 Å². The molecule has 0 unspecified atom stereocenters. The van der Waals surface area contributed by atoms with E-state index in [1.54, 1.807) is 30.5 Å². The third-order valence-electron chi connectivity index (χ3n) is 3.47. The molecule has 122 valence electrons. The second kappa shape index (κ2) is 7.02. The van der Waals surface area contributed by atoms with Gasteiger partial charge in [0.05, 0.1) is 18.0 Å². The average molecular weight is 355 g/mol. The zero-order valence-corrected chi connectivity index (χ0v) is 13.5. The molecule has 0 spiro atoms. The van der Waals surface area contributed by atoms with Gasteiger partial charge in [0.1, 0.15) is 23.1 Å². The highest BCUT2D eigenvalue weighted by Crippen LogP contribution is 2.29. The summed E-state index contributed by atoms with van der Waals surface area (Å²) in [5, 5.41) is 29.5. The topological polar surface area (TPSA) is 95.7 Å². The van der Waals surface area contributed by atoms with Crippen molar-refractivity contribution in [1.82, 2.24) is 9.97 Å². The van der Waals surface area contributed by atoms with Gasteiger partial charge in [-0.1, -0.05) is 11.6 Å². The fourth-order valence-corrected chi connectivity index (χ4v) is 3.49. The van der Waals surface area contributed by atoms with E-state index < -0.39 is 23.7 Å². The molecule has 1 saturated heterocycles. The normalized spacial score (nSPS) is 27.7. The lowest BCUT2D eigenvalue weighted by Gasteiger charge is -2.34. The van der Waals surface area contributed by atoms with Crippen molar-refractivity contribution >= 4 is 23.4 Å². The van der Waals surface area contributed by atoms with Crippen molar-refractivity contribution in [2.24, 2.45) is 0 Å². The largest absolute Gasteiger partial charge is 0.475 e. The monoisotopic (exact) mass is 354 g/mol. The lowest BCUT2D eigenvalue weighted by Crippen LogP contribution is -2.50. The third-order valence-corrected chi connectivity index (χ3v) is 4.91. The maximum atomic E-state index is 9.93. The Bertz CT molecular complexity index is 673. The van der Waals surface area contributed by atoms with Gasteiger partial charge in [-0.15, -0.1) is 11.8 Å². The molecule has 3 N–H and O–H groups in total. The van der Waals surface area contributed by atoms with Crippen LogP contribution in [0.2, 0.25) is 5.15 Å². The fourth-order valence-electron chi connectivity index (χ4n) is 2.20. The second-order valence-corrected chi connectivity index (χ2v) is 6.63. The minimum Gasteiger partial charge on any atom is -0.475 e. The van der Waals surface area contributed by atoms with E-state index in [2.05, 4.69) is 9.97 Å². The molecule has 0 bridgehead atoms. The third kappa shape index (κ3) is 3.76.